The van der Waals surface area contributed by atoms with E-state index in [2.05, 4.69) is 26.1 Å². The molecule has 4 nitrogen and oxygen atoms in total. The highest BCUT2D eigenvalue weighted by molar-refractivity contribution is 9.10. The molecule has 0 aliphatic carbocycles. The molecule has 0 aliphatic rings. The van der Waals surface area contributed by atoms with E-state index in [1.54, 1.807) is 11.8 Å². The van der Waals surface area contributed by atoms with Gasteiger partial charge in [0, 0.05) is 10.0 Å². The highest BCUT2D eigenvalue weighted by Gasteiger charge is 2.15. The van der Waals surface area contributed by atoms with Gasteiger partial charge in [0.25, 0.3) is 0 Å². The lowest BCUT2D eigenvalue weighted by molar-refractivity contribution is 0.353. The predicted molar refractivity (Wildman–Crippen MR) is 77.4 cm³/mol. The smallest absolute Gasteiger partial charge is 0.243 e. The van der Waals surface area contributed by atoms with E-state index in [0.717, 1.165) is 22.2 Å². The fourth-order valence-corrected chi connectivity index (χ4v) is 2.22. The van der Waals surface area contributed by atoms with Gasteiger partial charge < -0.3 is 10.3 Å². The molecule has 1 heterocycles. The summed E-state index contributed by atoms with van der Waals surface area (Å²) >= 11 is 5.14. The number of benzene rings is 1. The zero-order valence-corrected chi connectivity index (χ0v) is 12.4. The van der Waals surface area contributed by atoms with Gasteiger partial charge in [0.1, 0.15) is 0 Å². The van der Waals surface area contributed by atoms with E-state index >= 15 is 0 Å². The van der Waals surface area contributed by atoms with Crippen molar-refractivity contribution in [3.63, 3.8) is 0 Å². The first-order valence-corrected chi connectivity index (χ1v) is 7.73. The lowest BCUT2D eigenvalue weighted by Gasteiger charge is -2.03. The molecule has 2 N–H and O–H groups in total. The Morgan fingerprint density at radius 3 is 2.78 bits per heavy atom. The van der Waals surface area contributed by atoms with Crippen LogP contribution < -0.4 is 5.73 Å². The number of hydrogen-bond acceptors (Lipinski definition) is 5. The fourth-order valence-electron chi connectivity index (χ4n) is 1.47. The summed E-state index contributed by atoms with van der Waals surface area (Å²) in [6.07, 6.45) is 2.89. The summed E-state index contributed by atoms with van der Waals surface area (Å²) in [5.41, 5.74) is 6.90. The second kappa shape index (κ2) is 6.36. The molecule has 96 valence electrons. The Kier molecular flexibility index (Phi) is 4.79. The van der Waals surface area contributed by atoms with Crippen LogP contribution in [0.1, 0.15) is 18.4 Å². The van der Waals surface area contributed by atoms with Crippen molar-refractivity contribution in [2.45, 2.75) is 12.5 Å². The van der Waals surface area contributed by atoms with Crippen molar-refractivity contribution in [2.75, 3.05) is 12.0 Å². The Morgan fingerprint density at radius 2 is 2.11 bits per heavy atom. The molecule has 0 bridgehead atoms. The molecule has 0 aliphatic heterocycles. The average Bonchev–Trinajstić information content (AvgIpc) is 2.86. The maximum atomic E-state index is 5.98. The standard InChI is InChI=1S/C12H14BrN3OS/c1-18-7-6-10(14)12-15-11(16-17-12)8-2-4-9(13)5-3-8/h2-5,10H,6-7,14H2,1H3/t10-/m0/s1. The Balaban J connectivity index is 2.12. The highest BCUT2D eigenvalue weighted by Crippen LogP contribution is 2.21. The van der Waals surface area contributed by atoms with Crippen LogP contribution in [0.3, 0.4) is 0 Å². The van der Waals surface area contributed by atoms with Gasteiger partial charge in [-0.3, -0.25) is 0 Å². The number of nitrogens with two attached hydrogens (primary N) is 1. The van der Waals surface area contributed by atoms with E-state index in [1.807, 2.05) is 30.5 Å². The summed E-state index contributed by atoms with van der Waals surface area (Å²) < 4.78 is 6.22. The minimum absolute atomic E-state index is 0.186. The third-order valence-electron chi connectivity index (χ3n) is 2.49. The van der Waals surface area contributed by atoms with Crippen LogP contribution >= 0.6 is 27.7 Å². The van der Waals surface area contributed by atoms with Gasteiger partial charge in [0.2, 0.25) is 11.7 Å². The minimum Gasteiger partial charge on any atom is -0.337 e. The van der Waals surface area contributed by atoms with Gasteiger partial charge in [-0.05, 0) is 42.7 Å². The summed E-state index contributed by atoms with van der Waals surface area (Å²) in [4.78, 5) is 4.34. The first kappa shape index (κ1) is 13.6. The van der Waals surface area contributed by atoms with E-state index < -0.39 is 0 Å². The SMILES string of the molecule is CSCC[C@H](N)c1nc(-c2ccc(Br)cc2)no1. The van der Waals surface area contributed by atoms with Crippen LogP contribution in [-0.4, -0.2) is 22.1 Å². The molecule has 6 heteroatoms. The molecule has 0 unspecified atom stereocenters. The Bertz CT molecular complexity index is 500. The van der Waals surface area contributed by atoms with Crippen molar-refractivity contribution >= 4 is 27.7 Å². The zero-order chi connectivity index (χ0) is 13.0. The molecule has 0 saturated carbocycles. The van der Waals surface area contributed by atoms with Crippen molar-refractivity contribution in [1.29, 1.82) is 0 Å². The van der Waals surface area contributed by atoms with Crippen molar-refractivity contribution in [3.05, 3.63) is 34.6 Å². The molecule has 1 atom stereocenters. The molecular weight excluding hydrogens is 314 g/mol. The Morgan fingerprint density at radius 1 is 1.39 bits per heavy atom. The van der Waals surface area contributed by atoms with Gasteiger partial charge in [-0.15, -0.1) is 0 Å². The summed E-state index contributed by atoms with van der Waals surface area (Å²) in [5.74, 6) is 2.07. The van der Waals surface area contributed by atoms with Gasteiger partial charge in [0.15, 0.2) is 0 Å². The molecule has 2 aromatic rings. The lowest BCUT2D eigenvalue weighted by Crippen LogP contribution is -2.11. The summed E-state index contributed by atoms with van der Waals surface area (Å²) in [6, 6.07) is 7.57. The first-order valence-electron chi connectivity index (χ1n) is 5.55. The van der Waals surface area contributed by atoms with Gasteiger partial charge in [-0.1, -0.05) is 21.1 Å². The predicted octanol–water partition coefficient (Wildman–Crippen LogP) is 3.25. The second-order valence-corrected chi connectivity index (χ2v) is 5.75. The first-order chi connectivity index (χ1) is 8.70. The van der Waals surface area contributed by atoms with Gasteiger partial charge in [-0.2, -0.15) is 16.7 Å². The van der Waals surface area contributed by atoms with E-state index in [0.29, 0.717) is 11.7 Å². The number of rotatable bonds is 5. The van der Waals surface area contributed by atoms with Crippen molar-refractivity contribution in [1.82, 2.24) is 10.1 Å². The summed E-state index contributed by atoms with van der Waals surface area (Å²) in [6.45, 7) is 0. The van der Waals surface area contributed by atoms with Crippen molar-refractivity contribution in [3.8, 4) is 11.4 Å². The molecule has 0 amide bonds. The number of aromatic nitrogens is 2. The van der Waals surface area contributed by atoms with E-state index in [1.165, 1.54) is 0 Å². The van der Waals surface area contributed by atoms with E-state index in [4.69, 9.17) is 10.3 Å². The largest absolute Gasteiger partial charge is 0.337 e. The Labute approximate surface area is 118 Å². The van der Waals surface area contributed by atoms with Gasteiger partial charge in [-0.25, -0.2) is 0 Å². The third-order valence-corrected chi connectivity index (χ3v) is 3.67. The number of nitrogens with zero attached hydrogens (tertiary/aromatic N) is 2. The molecule has 0 fully saturated rings. The van der Waals surface area contributed by atoms with Crippen molar-refractivity contribution < 1.29 is 4.52 Å². The van der Waals surface area contributed by atoms with Crippen molar-refractivity contribution in [2.24, 2.45) is 5.73 Å². The normalized spacial score (nSPS) is 12.6. The zero-order valence-electron chi connectivity index (χ0n) is 9.97. The van der Waals surface area contributed by atoms with Crippen LogP contribution in [-0.2, 0) is 0 Å². The quantitative estimate of drug-likeness (QED) is 0.913. The number of hydrogen-bond donors (Lipinski definition) is 1. The van der Waals surface area contributed by atoms with Crippen LogP contribution in [0.25, 0.3) is 11.4 Å². The second-order valence-electron chi connectivity index (χ2n) is 3.85. The summed E-state index contributed by atoms with van der Waals surface area (Å²) in [7, 11) is 0. The van der Waals surface area contributed by atoms with Gasteiger partial charge >= 0.3 is 0 Å². The van der Waals surface area contributed by atoms with Crippen LogP contribution in [0.2, 0.25) is 0 Å². The van der Waals surface area contributed by atoms with E-state index in [9.17, 15) is 0 Å². The van der Waals surface area contributed by atoms with Crippen LogP contribution in [0.4, 0.5) is 0 Å². The number of thioether (sulfide) groups is 1. The molecule has 1 aromatic carbocycles. The minimum atomic E-state index is -0.186. The molecule has 18 heavy (non-hydrogen) atoms. The Hall–Kier alpha value is -0.850. The lowest BCUT2D eigenvalue weighted by atomic mass is 10.2. The molecule has 0 radical (unpaired) electrons. The molecule has 1 aromatic heterocycles. The molecule has 0 spiro atoms. The molecule has 2 rings (SSSR count). The van der Waals surface area contributed by atoms with E-state index in [-0.39, 0.29) is 6.04 Å². The average molecular weight is 328 g/mol. The highest BCUT2D eigenvalue weighted by atomic mass is 79.9. The van der Waals surface area contributed by atoms with Crippen LogP contribution in [0.5, 0.6) is 0 Å². The molecule has 0 saturated heterocycles. The maximum Gasteiger partial charge on any atom is 0.243 e. The fraction of sp³-hybridized carbons (Fsp3) is 0.333. The van der Waals surface area contributed by atoms with Crippen LogP contribution in [0.15, 0.2) is 33.3 Å². The number of halogens is 1. The molecular formula is C12H14BrN3OS. The summed E-state index contributed by atoms with van der Waals surface area (Å²) in [5, 5.41) is 3.96. The van der Waals surface area contributed by atoms with Crippen LogP contribution in [0, 0.1) is 0 Å². The van der Waals surface area contributed by atoms with Gasteiger partial charge in [0.05, 0.1) is 6.04 Å². The maximum absolute atomic E-state index is 5.98. The monoisotopic (exact) mass is 327 g/mol. The topological polar surface area (TPSA) is 64.9 Å². The third kappa shape index (κ3) is 3.34.